The quantitative estimate of drug-likeness (QED) is 0.127. The number of hydrogen-bond donors (Lipinski definition) is 2. The van der Waals surface area contributed by atoms with E-state index in [9.17, 15) is 28.0 Å². The first-order chi connectivity index (χ1) is 23.5. The molecule has 1 saturated carbocycles. The summed E-state index contributed by atoms with van der Waals surface area (Å²) >= 11 is 0. The summed E-state index contributed by atoms with van der Waals surface area (Å²) in [6.07, 6.45) is 8.25. The van der Waals surface area contributed by atoms with Gasteiger partial charge in [-0.25, -0.2) is 9.97 Å². The largest absolute Gasteiger partial charge is 0.471 e. The van der Waals surface area contributed by atoms with Crippen LogP contribution in [0.15, 0.2) is 53.3 Å². The van der Waals surface area contributed by atoms with E-state index in [-0.39, 0.29) is 48.4 Å². The molecule has 3 aromatic rings. The topological polar surface area (TPSA) is 180 Å². The molecule has 1 aliphatic heterocycles. The highest BCUT2D eigenvalue weighted by molar-refractivity contribution is 5.97. The first kappa shape index (κ1) is 35.4. The smallest absolute Gasteiger partial charge is 0.309 e. The standard InChI is InChI=1S/C34H40F2N6O7/c1-3-47-33(46)22-17-20(22)11-7-5-4-6-8-14-26(39-30(44)25-15-16-48-41-25)32(45)42-19-21(18-27(42)29(37)43)49-31-28(34(2,35)36)38-23-12-9-10-13-24(23)40-31/h7,9-13,15-16,20-22,26-27H,3-6,8,14,17-19H2,1-2H3,(H2,37,43)(H,39,44). The Bertz CT molecular complexity index is 1680. The van der Waals surface area contributed by atoms with Crippen LogP contribution in [0.4, 0.5) is 8.78 Å². The molecule has 3 heterocycles. The first-order valence-corrected chi connectivity index (χ1v) is 16.4. The minimum atomic E-state index is -3.39. The van der Waals surface area contributed by atoms with E-state index >= 15 is 0 Å². The van der Waals surface area contributed by atoms with Gasteiger partial charge in [0.1, 0.15) is 24.5 Å². The van der Waals surface area contributed by atoms with Crippen molar-refractivity contribution in [1.82, 2.24) is 25.3 Å². The minimum Gasteiger partial charge on any atom is -0.471 e. The zero-order valence-electron chi connectivity index (χ0n) is 27.3. The monoisotopic (exact) mass is 682 g/mol. The summed E-state index contributed by atoms with van der Waals surface area (Å²) in [7, 11) is 0. The van der Waals surface area contributed by atoms with Crippen LogP contribution in [-0.2, 0) is 25.0 Å². The number of hydrogen-bond acceptors (Lipinski definition) is 10. The van der Waals surface area contributed by atoms with Crippen LogP contribution in [-0.4, -0.2) is 75.1 Å². The maximum Gasteiger partial charge on any atom is 0.309 e. The van der Waals surface area contributed by atoms with Crippen LogP contribution in [0.25, 0.3) is 11.0 Å². The lowest BCUT2D eigenvalue weighted by atomic mass is 10.0. The van der Waals surface area contributed by atoms with Gasteiger partial charge >= 0.3 is 5.97 Å². The molecule has 2 fully saturated rings. The number of aromatic nitrogens is 3. The van der Waals surface area contributed by atoms with Crippen molar-refractivity contribution in [3.05, 3.63) is 60.1 Å². The maximum atomic E-state index is 14.6. The van der Waals surface area contributed by atoms with Crippen molar-refractivity contribution in [3.63, 3.8) is 0 Å². The normalized spacial score (nSPS) is 21.1. The molecule has 49 heavy (non-hydrogen) atoms. The number of para-hydroxylation sites is 2. The molecular formula is C34H40F2N6O7. The van der Waals surface area contributed by atoms with Gasteiger partial charge in [0.15, 0.2) is 11.4 Å². The number of allylic oxidation sites excluding steroid dienone is 2. The lowest BCUT2D eigenvalue weighted by Crippen LogP contribution is -2.53. The van der Waals surface area contributed by atoms with Crippen LogP contribution in [0.1, 0.15) is 75.0 Å². The van der Waals surface area contributed by atoms with E-state index in [1.807, 2.05) is 12.2 Å². The average Bonchev–Trinajstić information content (AvgIpc) is 3.41. The predicted molar refractivity (Wildman–Crippen MR) is 171 cm³/mol. The third-order valence-electron chi connectivity index (χ3n) is 8.56. The van der Waals surface area contributed by atoms with Crippen molar-refractivity contribution < 1.29 is 42.0 Å². The SMILES string of the molecule is CCOC(=O)C1CC1C=CCCCCCC(NC(=O)c1ccon1)C(=O)N1CC(Oc2nc3ccccc3nc2C(C)(F)F)CC1C(N)=O. The fourth-order valence-corrected chi connectivity index (χ4v) is 5.93. The Balaban J connectivity index is 1.24. The van der Waals surface area contributed by atoms with Crippen LogP contribution >= 0.6 is 0 Å². The number of alkyl halides is 2. The molecule has 13 nitrogen and oxygen atoms in total. The summed E-state index contributed by atoms with van der Waals surface area (Å²) in [6, 6.07) is 5.69. The van der Waals surface area contributed by atoms with E-state index in [4.69, 9.17) is 19.7 Å². The summed E-state index contributed by atoms with van der Waals surface area (Å²) in [4.78, 5) is 60.8. The number of nitrogens with zero attached hydrogens (tertiary/aromatic N) is 4. The number of nitrogens with one attached hydrogen (secondary N) is 1. The van der Waals surface area contributed by atoms with Gasteiger partial charge in [0.05, 0.1) is 30.1 Å². The fraction of sp³-hybridized carbons (Fsp3) is 0.500. The second kappa shape index (κ2) is 15.5. The molecule has 1 saturated heterocycles. The number of carbonyl (C=O) groups excluding carboxylic acids is 4. The molecule has 1 aliphatic carbocycles. The number of likely N-dealkylation sites (tertiary alicyclic amines) is 1. The van der Waals surface area contributed by atoms with Crippen LogP contribution < -0.4 is 15.8 Å². The van der Waals surface area contributed by atoms with Gasteiger partial charge in [0.2, 0.25) is 17.7 Å². The van der Waals surface area contributed by atoms with E-state index < -0.39 is 53.4 Å². The molecule has 5 unspecified atom stereocenters. The maximum absolute atomic E-state index is 14.6. The number of benzene rings is 1. The number of fused-ring (bicyclic) bond motifs is 1. The summed E-state index contributed by atoms with van der Waals surface area (Å²) in [5.41, 5.74) is 5.59. The van der Waals surface area contributed by atoms with Gasteiger partial charge < -0.3 is 29.9 Å². The van der Waals surface area contributed by atoms with Gasteiger partial charge in [0, 0.05) is 19.4 Å². The lowest BCUT2D eigenvalue weighted by Gasteiger charge is -2.27. The molecule has 2 aliphatic rings. The van der Waals surface area contributed by atoms with Gasteiger partial charge in [-0.15, -0.1) is 0 Å². The number of nitrogens with two attached hydrogens (primary N) is 1. The lowest BCUT2D eigenvalue weighted by molar-refractivity contribution is -0.144. The first-order valence-electron chi connectivity index (χ1n) is 16.4. The second-order valence-electron chi connectivity index (χ2n) is 12.4. The van der Waals surface area contributed by atoms with Crippen molar-refractivity contribution >= 4 is 34.7 Å². The van der Waals surface area contributed by atoms with Gasteiger partial charge in [-0.1, -0.05) is 42.3 Å². The number of unbranched alkanes of at least 4 members (excludes halogenated alkanes) is 3. The number of rotatable bonds is 16. The highest BCUT2D eigenvalue weighted by atomic mass is 19.3. The van der Waals surface area contributed by atoms with Gasteiger partial charge in [-0.05, 0) is 50.7 Å². The Kier molecular flexibility index (Phi) is 11.2. The van der Waals surface area contributed by atoms with E-state index in [0.29, 0.717) is 25.5 Å². The van der Waals surface area contributed by atoms with Crippen LogP contribution in [0.5, 0.6) is 5.88 Å². The molecule has 262 valence electrons. The molecule has 0 radical (unpaired) electrons. The molecule has 5 rings (SSSR count). The third kappa shape index (κ3) is 8.95. The fourth-order valence-electron chi connectivity index (χ4n) is 5.93. The van der Waals surface area contributed by atoms with E-state index in [1.165, 1.54) is 17.2 Å². The van der Waals surface area contributed by atoms with E-state index in [1.54, 1.807) is 31.2 Å². The van der Waals surface area contributed by atoms with Crippen molar-refractivity contribution in [2.75, 3.05) is 13.2 Å². The molecule has 1 aromatic carbocycles. The number of primary amides is 1. The number of ether oxygens (including phenoxy) is 2. The molecule has 3 amide bonds. The third-order valence-corrected chi connectivity index (χ3v) is 8.56. The Morgan fingerprint density at radius 1 is 1.12 bits per heavy atom. The molecule has 15 heteroatoms. The highest BCUT2D eigenvalue weighted by Crippen LogP contribution is 2.40. The molecule has 2 aromatic heterocycles. The van der Waals surface area contributed by atoms with Gasteiger partial charge in [-0.2, -0.15) is 8.78 Å². The van der Waals surface area contributed by atoms with Gasteiger partial charge in [0.25, 0.3) is 11.8 Å². The molecular weight excluding hydrogens is 642 g/mol. The molecule has 5 atom stereocenters. The summed E-state index contributed by atoms with van der Waals surface area (Å²) < 4.78 is 44.9. The van der Waals surface area contributed by atoms with E-state index in [2.05, 4.69) is 20.4 Å². The van der Waals surface area contributed by atoms with Crippen LogP contribution in [0.2, 0.25) is 0 Å². The highest BCUT2D eigenvalue weighted by Gasteiger charge is 2.44. The zero-order chi connectivity index (χ0) is 35.1. The van der Waals surface area contributed by atoms with Crippen molar-refractivity contribution in [2.24, 2.45) is 17.6 Å². The van der Waals surface area contributed by atoms with Crippen LogP contribution in [0, 0.1) is 11.8 Å². The predicted octanol–water partition coefficient (Wildman–Crippen LogP) is 4.07. The molecule has 3 N–H and O–H groups in total. The average molecular weight is 683 g/mol. The van der Waals surface area contributed by atoms with Crippen molar-refractivity contribution in [2.45, 2.75) is 82.9 Å². The minimum absolute atomic E-state index is 0.0267. The van der Waals surface area contributed by atoms with Crippen molar-refractivity contribution in [3.8, 4) is 5.88 Å². The van der Waals surface area contributed by atoms with Crippen LogP contribution in [0.3, 0.4) is 0 Å². The Labute approximate surface area is 281 Å². The summed E-state index contributed by atoms with van der Waals surface area (Å²) in [6.45, 7) is 2.67. The van der Waals surface area contributed by atoms with E-state index in [0.717, 1.165) is 25.7 Å². The second-order valence-corrected chi connectivity index (χ2v) is 12.4. The number of carbonyl (C=O) groups is 4. The summed E-state index contributed by atoms with van der Waals surface area (Å²) in [5, 5.41) is 6.33. The molecule has 0 spiro atoms. The number of halogens is 2. The number of amides is 3. The molecule has 0 bridgehead atoms. The Morgan fingerprint density at radius 3 is 2.55 bits per heavy atom. The van der Waals surface area contributed by atoms with Crippen molar-refractivity contribution in [1.29, 1.82) is 0 Å². The Hall–Kier alpha value is -4.95. The summed E-state index contributed by atoms with van der Waals surface area (Å²) in [5.74, 6) is -5.83. The van der Waals surface area contributed by atoms with Gasteiger partial charge in [-0.3, -0.25) is 19.2 Å². The zero-order valence-corrected chi connectivity index (χ0v) is 27.3. The Morgan fingerprint density at radius 2 is 1.88 bits per heavy atom. The number of esters is 1.